The summed E-state index contributed by atoms with van der Waals surface area (Å²) in [5, 5.41) is 0. The molecule has 0 saturated carbocycles. The lowest BCUT2D eigenvalue weighted by Gasteiger charge is -2.28. The largest absolute Gasteiger partial charge is 0.513 e. The van der Waals surface area contributed by atoms with Gasteiger partial charge in [-0.15, -0.1) is 0 Å². The molecular weight excluding hydrogens is 335 g/mol. The Balaban J connectivity index is 3.88. The summed E-state index contributed by atoms with van der Waals surface area (Å²) in [5.41, 5.74) is 0. The molecule has 3 nitrogen and oxygen atoms in total. The quantitative estimate of drug-likeness (QED) is 0.258. The van der Waals surface area contributed by atoms with E-state index in [1.807, 2.05) is 0 Å². The number of halogens is 1. The molecule has 16 heavy (non-hydrogen) atoms. The predicted molar refractivity (Wildman–Crippen MR) is 78.0 cm³/mol. The van der Waals surface area contributed by atoms with E-state index in [1.54, 1.807) is 21.3 Å². The molecule has 0 aliphatic carbocycles. The Bertz CT molecular complexity index is 157. The zero-order valence-corrected chi connectivity index (χ0v) is 14.1. The second-order valence-electron chi connectivity index (χ2n) is 3.89. The third-order valence-electron chi connectivity index (χ3n) is 2.80. The first-order valence-electron chi connectivity index (χ1n) is 5.96. The summed E-state index contributed by atoms with van der Waals surface area (Å²) in [4.78, 5) is 0. The second kappa shape index (κ2) is 9.82. The Labute approximate surface area is 115 Å². The minimum Gasteiger partial charge on any atom is -0.376 e. The summed E-state index contributed by atoms with van der Waals surface area (Å²) in [6.07, 6.45) is 7.62. The van der Waals surface area contributed by atoms with Gasteiger partial charge in [0, 0.05) is 21.3 Å². The van der Waals surface area contributed by atoms with Gasteiger partial charge in [0.15, 0.2) is 0 Å². The van der Waals surface area contributed by atoms with Crippen LogP contribution < -0.4 is 0 Å². The number of alkyl halides is 1. The summed E-state index contributed by atoms with van der Waals surface area (Å²) in [7, 11) is 2.64. The third-order valence-corrected chi connectivity index (χ3v) is 8.47. The molecule has 0 radical (unpaired) electrons. The molecule has 1 atom stereocenters. The summed E-state index contributed by atoms with van der Waals surface area (Å²) in [6, 6.07) is 0. The fourth-order valence-corrected chi connectivity index (χ4v) is 6.29. The minimum absolute atomic E-state index is 0.353. The highest BCUT2D eigenvalue weighted by Gasteiger charge is 2.45. The lowest BCUT2D eigenvalue weighted by molar-refractivity contribution is 0.122. The maximum Gasteiger partial charge on any atom is 0.513 e. The lowest BCUT2D eigenvalue weighted by Crippen LogP contribution is -2.51. The first kappa shape index (κ1) is 16.8. The van der Waals surface area contributed by atoms with E-state index in [4.69, 9.17) is 13.3 Å². The smallest absolute Gasteiger partial charge is 0.376 e. The van der Waals surface area contributed by atoms with E-state index >= 15 is 0 Å². The van der Waals surface area contributed by atoms with Gasteiger partial charge in [0.05, 0.1) is 3.55 Å². The van der Waals surface area contributed by atoms with E-state index in [1.165, 1.54) is 32.1 Å². The van der Waals surface area contributed by atoms with Crippen LogP contribution in [0.2, 0.25) is 0 Å². The third kappa shape index (κ3) is 5.44. The van der Waals surface area contributed by atoms with Crippen molar-refractivity contribution in [1.29, 1.82) is 0 Å². The van der Waals surface area contributed by atoms with Gasteiger partial charge in [0.2, 0.25) is 0 Å². The molecule has 0 rings (SSSR count). The van der Waals surface area contributed by atoms with Crippen LogP contribution in [0.15, 0.2) is 0 Å². The van der Waals surface area contributed by atoms with Crippen molar-refractivity contribution in [3.05, 3.63) is 0 Å². The van der Waals surface area contributed by atoms with Gasteiger partial charge in [-0.2, -0.15) is 0 Å². The maximum absolute atomic E-state index is 5.46. The molecule has 0 aromatic rings. The van der Waals surface area contributed by atoms with Gasteiger partial charge in [0.25, 0.3) is 0 Å². The molecule has 0 aromatic heterocycles. The molecule has 0 saturated heterocycles. The molecule has 0 aliphatic rings. The average Bonchev–Trinajstić information content (AvgIpc) is 2.32. The summed E-state index contributed by atoms with van der Waals surface area (Å²) < 4.78 is 16.7. The SMILES string of the molecule is CCCCCCCC(I)[Si](OC)(OC)OC. The Hall–Kier alpha value is 0.827. The van der Waals surface area contributed by atoms with E-state index in [9.17, 15) is 0 Å². The topological polar surface area (TPSA) is 27.7 Å². The van der Waals surface area contributed by atoms with Crippen molar-refractivity contribution < 1.29 is 13.3 Å². The first-order chi connectivity index (χ1) is 7.66. The van der Waals surface area contributed by atoms with E-state index in [2.05, 4.69) is 29.5 Å². The zero-order chi connectivity index (χ0) is 12.4. The maximum atomic E-state index is 5.46. The Morgan fingerprint density at radius 1 is 0.938 bits per heavy atom. The molecule has 5 heteroatoms. The summed E-state index contributed by atoms with van der Waals surface area (Å²) in [6.45, 7) is 2.24. The van der Waals surface area contributed by atoms with Gasteiger partial charge in [0.1, 0.15) is 0 Å². The van der Waals surface area contributed by atoms with Crippen LogP contribution in [0.5, 0.6) is 0 Å². The van der Waals surface area contributed by atoms with E-state index < -0.39 is 8.80 Å². The van der Waals surface area contributed by atoms with Gasteiger partial charge in [-0.25, -0.2) is 0 Å². The van der Waals surface area contributed by atoms with E-state index in [0.29, 0.717) is 3.55 Å². The second-order valence-corrected chi connectivity index (χ2v) is 9.69. The highest BCUT2D eigenvalue weighted by atomic mass is 127. The average molecular weight is 360 g/mol. The fraction of sp³-hybridized carbons (Fsp3) is 1.00. The number of hydrogen-bond acceptors (Lipinski definition) is 3. The molecule has 98 valence electrons. The van der Waals surface area contributed by atoms with Crippen LogP contribution >= 0.6 is 22.6 Å². The fourth-order valence-electron chi connectivity index (χ4n) is 1.74. The van der Waals surface area contributed by atoms with Crippen molar-refractivity contribution in [2.45, 2.75) is 49.0 Å². The standard InChI is InChI=1S/C11H25IO3Si/c1-5-6-7-8-9-10-11(12)16(13-2,14-3)15-4/h11H,5-10H2,1-4H3. The Morgan fingerprint density at radius 2 is 1.44 bits per heavy atom. The number of hydrogen-bond donors (Lipinski definition) is 0. The van der Waals surface area contributed by atoms with Gasteiger partial charge >= 0.3 is 8.80 Å². The molecule has 0 aromatic carbocycles. The van der Waals surface area contributed by atoms with Crippen LogP contribution in [0, 0.1) is 0 Å². The van der Waals surface area contributed by atoms with Crippen LogP contribution in [0.4, 0.5) is 0 Å². The number of unbranched alkanes of at least 4 members (excludes halogenated alkanes) is 4. The molecule has 0 spiro atoms. The summed E-state index contributed by atoms with van der Waals surface area (Å²) in [5.74, 6) is 0. The van der Waals surface area contributed by atoms with Crippen LogP contribution in [0.25, 0.3) is 0 Å². The van der Waals surface area contributed by atoms with Crippen molar-refractivity contribution >= 4 is 31.4 Å². The zero-order valence-electron chi connectivity index (χ0n) is 10.9. The van der Waals surface area contributed by atoms with Gasteiger partial charge < -0.3 is 13.3 Å². The van der Waals surface area contributed by atoms with E-state index in [0.717, 1.165) is 6.42 Å². The molecule has 0 aliphatic heterocycles. The van der Waals surface area contributed by atoms with Crippen LogP contribution in [0.3, 0.4) is 0 Å². The van der Waals surface area contributed by atoms with E-state index in [-0.39, 0.29) is 0 Å². The molecule has 0 amide bonds. The predicted octanol–water partition coefficient (Wildman–Crippen LogP) is 3.57. The van der Waals surface area contributed by atoms with Gasteiger partial charge in [-0.05, 0) is 6.42 Å². The van der Waals surface area contributed by atoms with Crippen LogP contribution in [-0.2, 0) is 13.3 Å². The molecular formula is C11H25IO3Si. The monoisotopic (exact) mass is 360 g/mol. The molecule has 0 bridgehead atoms. The highest BCUT2D eigenvalue weighted by molar-refractivity contribution is 14.1. The number of rotatable bonds is 10. The van der Waals surface area contributed by atoms with Crippen LogP contribution in [0.1, 0.15) is 45.4 Å². The Kier molecular flexibility index (Phi) is 10.3. The van der Waals surface area contributed by atoms with Crippen molar-refractivity contribution in [3.8, 4) is 0 Å². The van der Waals surface area contributed by atoms with Gasteiger partial charge in [-0.1, -0.05) is 61.6 Å². The molecule has 1 unspecified atom stereocenters. The molecule has 0 heterocycles. The first-order valence-corrected chi connectivity index (χ1v) is 9.01. The van der Waals surface area contributed by atoms with Crippen molar-refractivity contribution in [3.63, 3.8) is 0 Å². The molecule has 0 N–H and O–H groups in total. The lowest BCUT2D eigenvalue weighted by atomic mass is 10.1. The Morgan fingerprint density at radius 3 is 1.88 bits per heavy atom. The van der Waals surface area contributed by atoms with Crippen LogP contribution in [-0.4, -0.2) is 33.7 Å². The molecule has 0 fully saturated rings. The minimum atomic E-state index is -2.40. The van der Waals surface area contributed by atoms with Crippen molar-refractivity contribution in [2.75, 3.05) is 21.3 Å². The van der Waals surface area contributed by atoms with Crippen molar-refractivity contribution in [1.82, 2.24) is 0 Å². The summed E-state index contributed by atoms with van der Waals surface area (Å²) >= 11 is 2.40. The van der Waals surface area contributed by atoms with Crippen molar-refractivity contribution in [2.24, 2.45) is 0 Å². The highest BCUT2D eigenvalue weighted by Crippen LogP contribution is 2.24. The normalized spacial score (nSPS) is 14.1. The van der Waals surface area contributed by atoms with Gasteiger partial charge in [-0.3, -0.25) is 0 Å².